The van der Waals surface area contributed by atoms with Crippen LogP contribution in [-0.4, -0.2) is 38.4 Å². The molecule has 6 nitrogen and oxygen atoms in total. The maximum atomic E-state index is 9.79. The minimum Gasteiger partial charge on any atom is -0.393 e. The largest absolute Gasteiger partial charge is 0.393 e. The zero-order valence-corrected chi connectivity index (χ0v) is 16.8. The Balaban J connectivity index is 1.71. The molecule has 29 heavy (non-hydrogen) atoms. The molecule has 0 amide bonds. The highest BCUT2D eigenvalue weighted by Gasteiger charge is 2.17. The van der Waals surface area contributed by atoms with E-state index in [1.165, 1.54) is 0 Å². The number of aliphatic hydroxyl groups is 1. The van der Waals surface area contributed by atoms with Gasteiger partial charge in [-0.05, 0) is 44.2 Å². The normalized spacial score (nSPS) is 16.8. The first-order valence-corrected chi connectivity index (χ1v) is 10.4. The number of para-hydroxylation sites is 1. The molecule has 1 fully saturated rings. The van der Waals surface area contributed by atoms with Gasteiger partial charge >= 0.3 is 0 Å². The van der Waals surface area contributed by atoms with Crippen LogP contribution in [0.4, 0.5) is 11.8 Å². The topological polar surface area (TPSA) is 83.3 Å². The number of aliphatic imine (C=N–C) groups is 1. The van der Waals surface area contributed by atoms with E-state index in [-0.39, 0.29) is 6.10 Å². The van der Waals surface area contributed by atoms with E-state index in [0.29, 0.717) is 11.8 Å². The number of hydrogen-bond donors (Lipinski definition) is 2. The van der Waals surface area contributed by atoms with Gasteiger partial charge in [-0.25, -0.2) is 15.0 Å². The van der Waals surface area contributed by atoms with Gasteiger partial charge in [-0.15, -0.1) is 0 Å². The van der Waals surface area contributed by atoms with E-state index in [1.54, 1.807) is 0 Å². The van der Waals surface area contributed by atoms with Crippen molar-refractivity contribution in [2.24, 2.45) is 4.99 Å². The third-order valence-corrected chi connectivity index (χ3v) is 5.25. The molecule has 2 aromatic heterocycles. The van der Waals surface area contributed by atoms with Crippen molar-refractivity contribution in [2.75, 3.05) is 11.9 Å². The zero-order valence-electron chi connectivity index (χ0n) is 16.8. The van der Waals surface area contributed by atoms with E-state index in [0.717, 1.165) is 72.9 Å². The minimum absolute atomic E-state index is 0.216. The number of benzene rings is 1. The summed E-state index contributed by atoms with van der Waals surface area (Å²) in [6, 6.07) is 12.1. The molecule has 1 aliphatic rings. The third kappa shape index (κ3) is 4.77. The first-order chi connectivity index (χ1) is 14.2. The van der Waals surface area contributed by atoms with Crippen molar-refractivity contribution >= 4 is 28.4 Å². The van der Waals surface area contributed by atoms with E-state index in [4.69, 9.17) is 15.0 Å². The highest BCUT2D eigenvalue weighted by molar-refractivity contribution is 5.90. The van der Waals surface area contributed by atoms with Crippen LogP contribution in [0, 0.1) is 0 Å². The van der Waals surface area contributed by atoms with Crippen molar-refractivity contribution in [3.05, 3.63) is 42.6 Å². The van der Waals surface area contributed by atoms with Crippen molar-refractivity contribution in [3.8, 4) is 11.3 Å². The molecule has 4 rings (SSSR count). The first kappa shape index (κ1) is 19.5. The molecule has 0 saturated heterocycles. The maximum absolute atomic E-state index is 9.79. The number of unbranched alkanes of at least 4 members (excludes halogenated alkanes) is 1. The van der Waals surface area contributed by atoms with E-state index < -0.39 is 0 Å². The van der Waals surface area contributed by atoms with Gasteiger partial charge in [0.25, 0.3) is 0 Å². The molecular formula is C23H27N5O. The fourth-order valence-corrected chi connectivity index (χ4v) is 3.51. The summed E-state index contributed by atoms with van der Waals surface area (Å²) in [7, 11) is 0. The monoisotopic (exact) mass is 389 g/mol. The fraction of sp³-hybridized carbons (Fsp3) is 0.391. The summed E-state index contributed by atoms with van der Waals surface area (Å²) in [4.78, 5) is 18.9. The van der Waals surface area contributed by atoms with E-state index in [2.05, 4.69) is 29.4 Å². The van der Waals surface area contributed by atoms with Crippen molar-refractivity contribution in [3.63, 3.8) is 0 Å². The molecule has 2 N–H and O–H groups in total. The van der Waals surface area contributed by atoms with Crippen molar-refractivity contribution in [1.29, 1.82) is 0 Å². The summed E-state index contributed by atoms with van der Waals surface area (Å²) in [5, 5.41) is 14.2. The number of pyridine rings is 1. The summed E-state index contributed by atoms with van der Waals surface area (Å²) in [5.41, 5.74) is 3.67. The Morgan fingerprint density at radius 3 is 2.76 bits per heavy atom. The van der Waals surface area contributed by atoms with E-state index >= 15 is 0 Å². The Kier molecular flexibility index (Phi) is 6.10. The predicted octanol–water partition coefficient (Wildman–Crippen LogP) is 4.91. The molecule has 1 aromatic carbocycles. The predicted molar refractivity (Wildman–Crippen MR) is 118 cm³/mol. The lowest BCUT2D eigenvalue weighted by atomic mass is 9.96. The van der Waals surface area contributed by atoms with Crippen molar-refractivity contribution in [2.45, 2.75) is 51.6 Å². The van der Waals surface area contributed by atoms with Crippen molar-refractivity contribution < 1.29 is 5.11 Å². The quantitative estimate of drug-likeness (QED) is 0.585. The molecule has 0 radical (unpaired) electrons. The van der Waals surface area contributed by atoms with Crippen LogP contribution in [0.2, 0.25) is 0 Å². The number of fused-ring (bicyclic) bond motifs is 1. The highest BCUT2D eigenvalue weighted by atomic mass is 16.3. The van der Waals surface area contributed by atoms with E-state index in [9.17, 15) is 5.11 Å². The van der Waals surface area contributed by atoms with Crippen LogP contribution in [0.1, 0.15) is 45.4 Å². The van der Waals surface area contributed by atoms with Crippen LogP contribution < -0.4 is 5.32 Å². The number of nitrogens with zero attached hydrogens (tertiary/aromatic N) is 4. The van der Waals surface area contributed by atoms with Gasteiger partial charge in [0.15, 0.2) is 5.82 Å². The van der Waals surface area contributed by atoms with Crippen LogP contribution in [-0.2, 0) is 0 Å². The average molecular weight is 390 g/mol. The smallest absolute Gasteiger partial charge is 0.224 e. The number of rotatable bonds is 6. The lowest BCUT2D eigenvalue weighted by Crippen LogP contribution is -2.17. The summed E-state index contributed by atoms with van der Waals surface area (Å²) in [6.07, 6.45) is 6.90. The summed E-state index contributed by atoms with van der Waals surface area (Å²) >= 11 is 0. The number of anilines is 1. The van der Waals surface area contributed by atoms with Gasteiger partial charge in [-0.2, -0.15) is 4.98 Å². The summed E-state index contributed by atoms with van der Waals surface area (Å²) in [6.45, 7) is 3.00. The Labute approximate surface area is 171 Å². The summed E-state index contributed by atoms with van der Waals surface area (Å²) in [5.74, 6) is 1.24. The SMILES string of the molecule is CCCCNc1ncc(-c2ccc3ccccc3n2)c(N=C2CCC(O)CC2)n1. The Hall–Kier alpha value is -2.86. The molecule has 3 aromatic rings. The van der Waals surface area contributed by atoms with Gasteiger partial charge in [-0.3, -0.25) is 0 Å². The number of aliphatic hydroxyl groups excluding tert-OH is 1. The second-order valence-electron chi connectivity index (χ2n) is 7.51. The molecule has 0 atom stereocenters. The van der Waals surface area contributed by atoms with Gasteiger partial charge < -0.3 is 10.4 Å². The fourth-order valence-electron chi connectivity index (χ4n) is 3.51. The minimum atomic E-state index is -0.216. The molecular weight excluding hydrogens is 362 g/mol. The lowest BCUT2D eigenvalue weighted by molar-refractivity contribution is 0.152. The van der Waals surface area contributed by atoms with E-state index in [1.807, 2.05) is 30.5 Å². The molecule has 0 unspecified atom stereocenters. The van der Waals surface area contributed by atoms with Crippen LogP contribution in [0.5, 0.6) is 0 Å². The molecule has 1 aliphatic carbocycles. The van der Waals surface area contributed by atoms with Crippen LogP contribution in [0.25, 0.3) is 22.2 Å². The van der Waals surface area contributed by atoms with Crippen LogP contribution in [0.3, 0.4) is 0 Å². The average Bonchev–Trinajstić information content (AvgIpc) is 2.75. The molecule has 6 heteroatoms. The Morgan fingerprint density at radius 2 is 1.93 bits per heavy atom. The standard InChI is InChI=1S/C23H27N5O/c1-2-3-14-24-23-25-15-19(21-13-8-16-6-4-5-7-20(16)27-21)22(28-23)26-17-9-11-18(29)12-10-17/h4-8,13,15,18,29H,2-3,9-12,14H2,1H3,(H,24,25,28). The van der Waals surface area contributed by atoms with Crippen LogP contribution in [0.15, 0.2) is 47.6 Å². The number of aromatic nitrogens is 3. The Morgan fingerprint density at radius 1 is 1.10 bits per heavy atom. The Bertz CT molecular complexity index is 1010. The molecule has 150 valence electrons. The van der Waals surface area contributed by atoms with Gasteiger partial charge in [0.1, 0.15) is 0 Å². The van der Waals surface area contributed by atoms with Gasteiger partial charge in [0.05, 0.1) is 22.9 Å². The molecule has 0 aliphatic heterocycles. The zero-order chi connectivity index (χ0) is 20.1. The van der Waals surface area contributed by atoms with Gasteiger partial charge in [0.2, 0.25) is 5.95 Å². The van der Waals surface area contributed by atoms with Crippen LogP contribution >= 0.6 is 0 Å². The second-order valence-corrected chi connectivity index (χ2v) is 7.51. The van der Waals surface area contributed by atoms with Gasteiger partial charge in [-0.1, -0.05) is 37.6 Å². The first-order valence-electron chi connectivity index (χ1n) is 10.4. The maximum Gasteiger partial charge on any atom is 0.224 e. The van der Waals surface area contributed by atoms with Crippen molar-refractivity contribution in [1.82, 2.24) is 15.0 Å². The molecule has 1 saturated carbocycles. The molecule has 2 heterocycles. The third-order valence-electron chi connectivity index (χ3n) is 5.25. The second kappa shape index (κ2) is 9.09. The molecule has 0 bridgehead atoms. The summed E-state index contributed by atoms with van der Waals surface area (Å²) < 4.78 is 0. The van der Waals surface area contributed by atoms with Gasteiger partial charge in [0, 0.05) is 23.8 Å². The highest BCUT2D eigenvalue weighted by Crippen LogP contribution is 2.30. The molecule has 0 spiro atoms. The lowest BCUT2D eigenvalue weighted by Gasteiger charge is -2.18. The number of nitrogens with one attached hydrogen (secondary N) is 1. The number of hydrogen-bond acceptors (Lipinski definition) is 6.